The molecule has 1 aliphatic carbocycles. The van der Waals surface area contributed by atoms with Crippen LogP contribution in [0.3, 0.4) is 0 Å². The van der Waals surface area contributed by atoms with Gasteiger partial charge in [0.05, 0.1) is 5.39 Å². The second-order valence-electron chi connectivity index (χ2n) is 5.56. The fraction of sp³-hybridized carbons (Fsp3) is 0.600. The maximum atomic E-state index is 4.64. The summed E-state index contributed by atoms with van der Waals surface area (Å²) in [6.07, 6.45) is 5.14. The fourth-order valence-corrected chi connectivity index (χ4v) is 3.17. The van der Waals surface area contributed by atoms with Gasteiger partial charge in [0.2, 0.25) is 5.95 Å². The summed E-state index contributed by atoms with van der Waals surface area (Å²) in [5.74, 6) is 2.68. The minimum absolute atomic E-state index is 0.745. The molecule has 0 aromatic carbocycles. The van der Waals surface area contributed by atoms with Crippen LogP contribution in [-0.2, 0) is 0 Å². The summed E-state index contributed by atoms with van der Waals surface area (Å²) in [6.45, 7) is 6.20. The number of nitrogens with one attached hydrogen (secondary N) is 2. The Balaban J connectivity index is 1.81. The number of thiophene rings is 1. The van der Waals surface area contributed by atoms with Crippen LogP contribution in [0, 0.1) is 12.8 Å². The molecule has 2 N–H and O–H groups in total. The highest BCUT2D eigenvalue weighted by Crippen LogP contribution is 2.33. The molecule has 0 amide bonds. The highest BCUT2D eigenvalue weighted by Gasteiger charge is 2.20. The molecule has 0 aliphatic heterocycles. The first-order chi connectivity index (χ1) is 9.76. The number of aryl methyl sites for hydroxylation is 1. The monoisotopic (exact) mass is 290 g/mol. The number of nitrogens with zero attached hydrogens (tertiary/aromatic N) is 2. The molecule has 5 heteroatoms. The van der Waals surface area contributed by atoms with Crippen molar-refractivity contribution in [1.82, 2.24) is 9.97 Å². The Kier molecular flexibility index (Phi) is 4.05. The lowest BCUT2D eigenvalue weighted by Gasteiger charge is -2.09. The third-order valence-corrected chi connectivity index (χ3v) is 4.54. The van der Waals surface area contributed by atoms with Crippen molar-refractivity contribution in [1.29, 1.82) is 0 Å². The zero-order valence-corrected chi connectivity index (χ0v) is 13.0. The van der Waals surface area contributed by atoms with Crippen molar-refractivity contribution in [2.24, 2.45) is 5.92 Å². The molecule has 3 rings (SSSR count). The standard InChI is InChI=1S/C15H22N4S/c1-3-7-17-15-18-13(16-8-6-11-4-5-11)12-9-10(2)20-14(12)19-15/h9,11H,3-8H2,1-2H3,(H2,16,17,18,19). The van der Waals surface area contributed by atoms with E-state index in [0.717, 1.165) is 47.4 Å². The Bertz CT molecular complexity index is 589. The van der Waals surface area contributed by atoms with Gasteiger partial charge >= 0.3 is 0 Å². The normalized spacial score (nSPS) is 14.7. The van der Waals surface area contributed by atoms with Crippen molar-refractivity contribution in [2.75, 3.05) is 23.7 Å². The SMILES string of the molecule is CCCNc1nc(NCCC2CC2)c2cc(C)sc2n1. The first-order valence-corrected chi connectivity index (χ1v) is 8.34. The van der Waals surface area contributed by atoms with Crippen molar-refractivity contribution in [3.05, 3.63) is 10.9 Å². The third-order valence-electron chi connectivity index (χ3n) is 3.59. The largest absolute Gasteiger partial charge is 0.369 e. The van der Waals surface area contributed by atoms with Gasteiger partial charge in [-0.3, -0.25) is 0 Å². The van der Waals surface area contributed by atoms with Gasteiger partial charge in [-0.1, -0.05) is 19.8 Å². The van der Waals surface area contributed by atoms with E-state index in [1.807, 2.05) is 0 Å². The van der Waals surface area contributed by atoms with Gasteiger partial charge < -0.3 is 10.6 Å². The molecule has 0 atom stereocenters. The third kappa shape index (κ3) is 3.20. The molecule has 20 heavy (non-hydrogen) atoms. The van der Waals surface area contributed by atoms with Crippen LogP contribution in [-0.4, -0.2) is 23.1 Å². The van der Waals surface area contributed by atoms with Crippen LogP contribution in [0.4, 0.5) is 11.8 Å². The van der Waals surface area contributed by atoms with Crippen molar-refractivity contribution in [3.8, 4) is 0 Å². The van der Waals surface area contributed by atoms with Gasteiger partial charge in [-0.15, -0.1) is 11.3 Å². The molecular weight excluding hydrogens is 268 g/mol. The van der Waals surface area contributed by atoms with Gasteiger partial charge in [-0.25, -0.2) is 4.98 Å². The molecule has 2 heterocycles. The zero-order chi connectivity index (χ0) is 13.9. The van der Waals surface area contributed by atoms with E-state index < -0.39 is 0 Å². The molecule has 108 valence electrons. The molecule has 2 aromatic rings. The van der Waals surface area contributed by atoms with E-state index in [1.165, 1.54) is 24.1 Å². The lowest BCUT2D eigenvalue weighted by atomic mass is 10.3. The lowest BCUT2D eigenvalue weighted by Crippen LogP contribution is -2.09. The average molecular weight is 290 g/mol. The van der Waals surface area contributed by atoms with Gasteiger partial charge in [-0.05, 0) is 31.7 Å². The summed E-state index contributed by atoms with van der Waals surface area (Å²) in [5, 5.41) is 7.95. The second-order valence-corrected chi connectivity index (χ2v) is 6.79. The van der Waals surface area contributed by atoms with Gasteiger partial charge in [0.25, 0.3) is 0 Å². The predicted molar refractivity (Wildman–Crippen MR) is 86.8 cm³/mol. The number of aromatic nitrogens is 2. The maximum Gasteiger partial charge on any atom is 0.226 e. The van der Waals surface area contributed by atoms with Crippen molar-refractivity contribution >= 4 is 33.3 Å². The Hall–Kier alpha value is -1.36. The molecule has 0 bridgehead atoms. The number of hydrogen-bond donors (Lipinski definition) is 2. The van der Waals surface area contributed by atoms with E-state index in [1.54, 1.807) is 11.3 Å². The highest BCUT2D eigenvalue weighted by atomic mass is 32.1. The maximum absolute atomic E-state index is 4.64. The summed E-state index contributed by atoms with van der Waals surface area (Å²) in [6, 6.07) is 2.18. The Morgan fingerprint density at radius 2 is 2.10 bits per heavy atom. The Morgan fingerprint density at radius 3 is 2.85 bits per heavy atom. The molecule has 4 nitrogen and oxygen atoms in total. The predicted octanol–water partition coefficient (Wildman–Crippen LogP) is 4.03. The highest BCUT2D eigenvalue weighted by molar-refractivity contribution is 7.18. The van der Waals surface area contributed by atoms with Crippen LogP contribution >= 0.6 is 11.3 Å². The van der Waals surface area contributed by atoms with E-state index in [4.69, 9.17) is 0 Å². The van der Waals surface area contributed by atoms with E-state index >= 15 is 0 Å². The van der Waals surface area contributed by atoms with Crippen molar-refractivity contribution < 1.29 is 0 Å². The first kappa shape index (κ1) is 13.6. The van der Waals surface area contributed by atoms with E-state index in [-0.39, 0.29) is 0 Å². The van der Waals surface area contributed by atoms with E-state index in [0.29, 0.717) is 0 Å². The van der Waals surface area contributed by atoms with Gasteiger partial charge in [0.15, 0.2) is 0 Å². The van der Waals surface area contributed by atoms with Crippen LogP contribution < -0.4 is 10.6 Å². The summed E-state index contributed by atoms with van der Waals surface area (Å²) in [4.78, 5) is 11.6. The number of hydrogen-bond acceptors (Lipinski definition) is 5. The van der Waals surface area contributed by atoms with Gasteiger partial charge in [0, 0.05) is 18.0 Å². The number of anilines is 2. The van der Waals surface area contributed by atoms with Gasteiger partial charge in [-0.2, -0.15) is 4.98 Å². The summed E-state index contributed by atoms with van der Waals surface area (Å²) >= 11 is 1.73. The molecule has 1 saturated carbocycles. The summed E-state index contributed by atoms with van der Waals surface area (Å²) in [7, 11) is 0. The van der Waals surface area contributed by atoms with Crippen LogP contribution in [0.2, 0.25) is 0 Å². The van der Waals surface area contributed by atoms with E-state index in [2.05, 4.69) is 40.5 Å². The minimum Gasteiger partial charge on any atom is -0.369 e. The molecule has 1 fully saturated rings. The molecule has 0 saturated heterocycles. The zero-order valence-electron chi connectivity index (χ0n) is 12.2. The number of rotatable bonds is 7. The van der Waals surface area contributed by atoms with Crippen molar-refractivity contribution in [3.63, 3.8) is 0 Å². The first-order valence-electron chi connectivity index (χ1n) is 7.52. The molecule has 1 aliphatic rings. The summed E-state index contributed by atoms with van der Waals surface area (Å²) < 4.78 is 0. The van der Waals surface area contributed by atoms with Crippen molar-refractivity contribution in [2.45, 2.75) is 39.5 Å². The minimum atomic E-state index is 0.745. The molecule has 0 radical (unpaired) electrons. The molecular formula is C15H22N4S. The van der Waals surface area contributed by atoms with Crippen LogP contribution in [0.5, 0.6) is 0 Å². The molecule has 2 aromatic heterocycles. The Labute approximate surface area is 124 Å². The van der Waals surface area contributed by atoms with Crippen LogP contribution in [0.1, 0.15) is 37.5 Å². The average Bonchev–Trinajstić information content (AvgIpc) is 3.16. The number of fused-ring (bicyclic) bond motifs is 1. The van der Waals surface area contributed by atoms with Crippen LogP contribution in [0.15, 0.2) is 6.07 Å². The second kappa shape index (κ2) is 5.95. The van der Waals surface area contributed by atoms with Crippen LogP contribution in [0.25, 0.3) is 10.2 Å². The molecule has 0 unspecified atom stereocenters. The fourth-order valence-electron chi connectivity index (χ4n) is 2.29. The quantitative estimate of drug-likeness (QED) is 0.808. The van der Waals surface area contributed by atoms with Gasteiger partial charge in [0.1, 0.15) is 10.6 Å². The smallest absolute Gasteiger partial charge is 0.226 e. The lowest BCUT2D eigenvalue weighted by molar-refractivity contribution is 0.759. The van der Waals surface area contributed by atoms with E-state index in [9.17, 15) is 0 Å². The topological polar surface area (TPSA) is 49.8 Å². The summed E-state index contributed by atoms with van der Waals surface area (Å²) in [5.41, 5.74) is 0. The molecule has 0 spiro atoms. The Morgan fingerprint density at radius 1 is 1.25 bits per heavy atom.